The van der Waals surface area contributed by atoms with Gasteiger partial charge in [0, 0.05) is 26.0 Å². The third kappa shape index (κ3) is 18.7. The summed E-state index contributed by atoms with van der Waals surface area (Å²) in [6.45, 7) is 22.2. The van der Waals surface area contributed by atoms with E-state index in [4.69, 9.17) is 18.9 Å². The maximum atomic E-state index is 13.0. The van der Waals surface area contributed by atoms with Crippen LogP contribution in [0.2, 0.25) is 0 Å². The summed E-state index contributed by atoms with van der Waals surface area (Å²) in [6, 6.07) is -0.986. The molecule has 0 saturated carbocycles. The van der Waals surface area contributed by atoms with E-state index in [-0.39, 0.29) is 37.0 Å². The van der Waals surface area contributed by atoms with Crippen molar-refractivity contribution >= 4 is 23.8 Å². The molecule has 2 N–H and O–H groups in total. The van der Waals surface area contributed by atoms with Crippen LogP contribution in [0.15, 0.2) is 0 Å². The second-order valence-electron chi connectivity index (χ2n) is 13.3. The molecule has 2 amide bonds. The lowest BCUT2D eigenvalue weighted by Crippen LogP contribution is -2.46. The molecule has 0 aliphatic heterocycles. The minimum atomic E-state index is -0.986. The van der Waals surface area contributed by atoms with Crippen molar-refractivity contribution in [2.24, 2.45) is 10.8 Å². The van der Waals surface area contributed by atoms with Gasteiger partial charge in [0.25, 0.3) is 0 Å². The lowest BCUT2D eigenvalue weighted by Gasteiger charge is -2.35. The van der Waals surface area contributed by atoms with E-state index in [1.165, 1.54) is 0 Å². The van der Waals surface area contributed by atoms with Gasteiger partial charge < -0.3 is 29.6 Å². The van der Waals surface area contributed by atoms with Gasteiger partial charge in [0.15, 0.2) is 0 Å². The van der Waals surface area contributed by atoms with Crippen LogP contribution >= 0.6 is 0 Å². The first kappa shape index (κ1) is 36.8. The molecule has 0 spiro atoms. The summed E-state index contributed by atoms with van der Waals surface area (Å²) >= 11 is 0. The fourth-order valence-electron chi connectivity index (χ4n) is 4.04. The molecule has 0 saturated heterocycles. The summed E-state index contributed by atoms with van der Waals surface area (Å²) in [5, 5.41) is 5.50. The van der Waals surface area contributed by atoms with E-state index < -0.39 is 34.0 Å². The summed E-state index contributed by atoms with van der Waals surface area (Å²) in [5.74, 6) is -1.56. The number of rotatable bonds is 17. The predicted molar refractivity (Wildman–Crippen MR) is 150 cm³/mol. The van der Waals surface area contributed by atoms with Crippen molar-refractivity contribution in [3.8, 4) is 0 Å². The number of esters is 2. The third-order valence-corrected chi connectivity index (χ3v) is 5.34. The zero-order valence-electron chi connectivity index (χ0n) is 26.2. The Hall–Kier alpha value is -2.20. The Balaban J connectivity index is 5.08. The van der Waals surface area contributed by atoms with E-state index in [2.05, 4.69) is 10.6 Å². The lowest BCUT2D eigenvalue weighted by molar-refractivity contribution is -0.167. The largest absolute Gasteiger partial charge is 0.460 e. The van der Waals surface area contributed by atoms with Crippen LogP contribution in [0.3, 0.4) is 0 Å². The second-order valence-corrected chi connectivity index (χ2v) is 13.3. The van der Waals surface area contributed by atoms with Crippen LogP contribution in [0.4, 0.5) is 0 Å². The molecule has 10 heteroatoms. The molecule has 39 heavy (non-hydrogen) atoms. The molecule has 0 rings (SSSR count). The highest BCUT2D eigenvalue weighted by Crippen LogP contribution is 2.38. The van der Waals surface area contributed by atoms with Crippen molar-refractivity contribution in [1.82, 2.24) is 10.6 Å². The molecule has 0 aromatic carbocycles. The van der Waals surface area contributed by atoms with Crippen LogP contribution in [0.5, 0.6) is 0 Å². The number of amides is 2. The topological polar surface area (TPSA) is 129 Å². The van der Waals surface area contributed by atoms with E-state index in [1.54, 1.807) is 34.6 Å². The van der Waals surface area contributed by atoms with Gasteiger partial charge in [-0.05, 0) is 80.6 Å². The molecule has 0 aliphatic rings. The van der Waals surface area contributed by atoms with Crippen molar-refractivity contribution < 1.29 is 38.1 Å². The molecule has 0 bridgehead atoms. The molecule has 0 aliphatic carbocycles. The van der Waals surface area contributed by atoms with Crippen LogP contribution < -0.4 is 10.6 Å². The first-order chi connectivity index (χ1) is 17.7. The second kappa shape index (κ2) is 16.2. The fourth-order valence-corrected chi connectivity index (χ4v) is 4.04. The average molecular weight is 559 g/mol. The first-order valence-corrected chi connectivity index (χ1v) is 13.9. The zero-order chi connectivity index (χ0) is 30.5. The number of hydrogen-bond donors (Lipinski definition) is 2. The molecule has 10 nitrogen and oxygen atoms in total. The summed E-state index contributed by atoms with van der Waals surface area (Å²) in [4.78, 5) is 50.9. The summed E-state index contributed by atoms with van der Waals surface area (Å²) in [5.41, 5.74) is -2.74. The Morgan fingerprint density at radius 2 is 1.31 bits per heavy atom. The van der Waals surface area contributed by atoms with E-state index >= 15 is 0 Å². The van der Waals surface area contributed by atoms with Gasteiger partial charge in [-0.15, -0.1) is 0 Å². The standard InChI is InChI=1S/C29H54N2O8/c1-12-36-17-18-37-16-15-30-22(32)14-13-21(24(34)38-26(2,3)4)31-23(33)19-28(8,9)20-29(10,11)25(35)39-27(5,6)7/h21H,12-20H2,1-11H3,(H,30,32)(H,31,33). The van der Waals surface area contributed by atoms with Gasteiger partial charge in [-0.1, -0.05) is 13.8 Å². The third-order valence-electron chi connectivity index (χ3n) is 5.34. The Labute approximate surface area is 235 Å². The molecule has 1 unspecified atom stereocenters. The molecule has 0 radical (unpaired) electrons. The number of carbonyl (C=O) groups is 4. The quantitative estimate of drug-likeness (QED) is 0.203. The molecular formula is C29H54N2O8. The van der Waals surface area contributed by atoms with Gasteiger partial charge in [0.1, 0.15) is 17.2 Å². The predicted octanol–water partition coefficient (Wildman–Crippen LogP) is 3.94. The Kier molecular flexibility index (Phi) is 15.2. The monoisotopic (exact) mass is 558 g/mol. The molecule has 1 atom stereocenters. The molecule has 228 valence electrons. The van der Waals surface area contributed by atoms with Gasteiger partial charge in [-0.25, -0.2) is 4.79 Å². The zero-order valence-corrected chi connectivity index (χ0v) is 26.2. The maximum absolute atomic E-state index is 13.0. The highest BCUT2D eigenvalue weighted by Gasteiger charge is 2.39. The van der Waals surface area contributed by atoms with Crippen molar-refractivity contribution in [2.45, 2.75) is 119 Å². The van der Waals surface area contributed by atoms with E-state index in [0.29, 0.717) is 39.4 Å². The number of ether oxygens (including phenoxy) is 4. The Bertz CT molecular complexity index is 794. The highest BCUT2D eigenvalue weighted by atomic mass is 16.6. The normalized spacial score (nSPS) is 13.4. The van der Waals surface area contributed by atoms with Gasteiger partial charge in [-0.3, -0.25) is 14.4 Å². The average Bonchev–Trinajstić information content (AvgIpc) is 2.72. The maximum Gasteiger partial charge on any atom is 0.329 e. The van der Waals surface area contributed by atoms with E-state index in [1.807, 2.05) is 41.5 Å². The Morgan fingerprint density at radius 1 is 0.744 bits per heavy atom. The summed E-state index contributed by atoms with van der Waals surface area (Å²) in [6.07, 6.45) is 0.581. The summed E-state index contributed by atoms with van der Waals surface area (Å²) < 4.78 is 21.6. The number of carbonyl (C=O) groups excluding carboxylic acids is 4. The molecule has 0 aromatic rings. The van der Waals surface area contributed by atoms with Crippen LogP contribution in [0, 0.1) is 10.8 Å². The van der Waals surface area contributed by atoms with Crippen molar-refractivity contribution in [1.29, 1.82) is 0 Å². The Morgan fingerprint density at radius 3 is 1.85 bits per heavy atom. The van der Waals surface area contributed by atoms with Gasteiger partial charge >= 0.3 is 11.9 Å². The minimum absolute atomic E-state index is 0.0260. The van der Waals surface area contributed by atoms with Gasteiger partial charge in [0.2, 0.25) is 11.8 Å². The smallest absolute Gasteiger partial charge is 0.329 e. The highest BCUT2D eigenvalue weighted by molar-refractivity contribution is 5.86. The van der Waals surface area contributed by atoms with Crippen molar-refractivity contribution in [2.75, 3.05) is 33.0 Å². The van der Waals surface area contributed by atoms with Crippen LogP contribution in [-0.2, 0) is 38.1 Å². The fraction of sp³-hybridized carbons (Fsp3) is 0.862. The van der Waals surface area contributed by atoms with Gasteiger partial charge in [0.05, 0.1) is 25.2 Å². The van der Waals surface area contributed by atoms with E-state index in [9.17, 15) is 19.2 Å². The summed E-state index contributed by atoms with van der Waals surface area (Å²) in [7, 11) is 0. The van der Waals surface area contributed by atoms with Crippen LogP contribution in [-0.4, -0.2) is 74.0 Å². The molecule has 0 fully saturated rings. The van der Waals surface area contributed by atoms with Crippen LogP contribution in [0.25, 0.3) is 0 Å². The van der Waals surface area contributed by atoms with E-state index in [0.717, 1.165) is 0 Å². The van der Waals surface area contributed by atoms with Crippen molar-refractivity contribution in [3.63, 3.8) is 0 Å². The minimum Gasteiger partial charge on any atom is -0.460 e. The van der Waals surface area contributed by atoms with Gasteiger partial charge in [-0.2, -0.15) is 0 Å². The number of hydrogen-bond acceptors (Lipinski definition) is 8. The van der Waals surface area contributed by atoms with Crippen LogP contribution in [0.1, 0.15) is 102 Å². The number of nitrogens with one attached hydrogen (secondary N) is 2. The molecule has 0 aromatic heterocycles. The first-order valence-electron chi connectivity index (χ1n) is 13.9. The SMILES string of the molecule is CCOCCOCCNC(=O)CCC(NC(=O)CC(C)(C)CC(C)(C)C(=O)OC(C)(C)C)C(=O)OC(C)(C)C. The van der Waals surface area contributed by atoms with Crippen molar-refractivity contribution in [3.05, 3.63) is 0 Å². The lowest BCUT2D eigenvalue weighted by atomic mass is 9.73. The molecular weight excluding hydrogens is 504 g/mol. The molecule has 0 heterocycles.